The highest BCUT2D eigenvalue weighted by atomic mass is 16.5. The molecule has 0 fully saturated rings. The Balaban J connectivity index is 1.88. The first-order valence-electron chi connectivity index (χ1n) is 7.68. The van der Waals surface area contributed by atoms with E-state index >= 15 is 0 Å². The zero-order valence-corrected chi connectivity index (χ0v) is 13.4. The van der Waals surface area contributed by atoms with Gasteiger partial charge in [0.1, 0.15) is 5.75 Å². The van der Waals surface area contributed by atoms with Crippen molar-refractivity contribution in [2.45, 2.75) is 33.1 Å². The lowest BCUT2D eigenvalue weighted by molar-refractivity contribution is -0.118. The molecule has 2 rings (SSSR count). The standard InChI is InChI=1S/C19H23NO2/c1-4-14(2)16-9-11-17(12-10-16)20-19(21)13-22-18-8-6-5-7-15(18)3/h5-12,14H,4,13H2,1-3H3,(H,20,21)/t14-/m1/s1. The molecule has 1 N–H and O–H groups in total. The van der Waals surface area contributed by atoms with Crippen molar-refractivity contribution < 1.29 is 9.53 Å². The molecular weight excluding hydrogens is 274 g/mol. The van der Waals surface area contributed by atoms with Gasteiger partial charge in [0.25, 0.3) is 5.91 Å². The third kappa shape index (κ3) is 4.35. The Morgan fingerprint density at radius 1 is 1.14 bits per heavy atom. The summed E-state index contributed by atoms with van der Waals surface area (Å²) in [6.07, 6.45) is 1.11. The van der Waals surface area contributed by atoms with Crippen LogP contribution in [-0.4, -0.2) is 12.5 Å². The number of carbonyl (C=O) groups is 1. The Morgan fingerprint density at radius 2 is 1.82 bits per heavy atom. The van der Waals surface area contributed by atoms with Crippen LogP contribution in [0.4, 0.5) is 5.69 Å². The fourth-order valence-electron chi connectivity index (χ4n) is 2.19. The quantitative estimate of drug-likeness (QED) is 0.851. The molecule has 0 saturated carbocycles. The van der Waals surface area contributed by atoms with Crippen molar-refractivity contribution >= 4 is 11.6 Å². The number of amides is 1. The van der Waals surface area contributed by atoms with Crippen LogP contribution in [0, 0.1) is 6.92 Å². The Bertz CT molecular complexity index is 620. The van der Waals surface area contributed by atoms with E-state index in [1.165, 1.54) is 5.56 Å². The van der Waals surface area contributed by atoms with Crippen LogP contribution in [0.25, 0.3) is 0 Å². The molecule has 0 spiro atoms. The smallest absolute Gasteiger partial charge is 0.262 e. The Morgan fingerprint density at radius 3 is 2.45 bits per heavy atom. The fourth-order valence-corrected chi connectivity index (χ4v) is 2.19. The van der Waals surface area contributed by atoms with Crippen molar-refractivity contribution in [3.05, 3.63) is 59.7 Å². The molecule has 0 unspecified atom stereocenters. The molecule has 0 heterocycles. The van der Waals surface area contributed by atoms with Crippen LogP contribution in [0.1, 0.15) is 37.3 Å². The van der Waals surface area contributed by atoms with Gasteiger partial charge in [0, 0.05) is 5.69 Å². The summed E-state index contributed by atoms with van der Waals surface area (Å²) in [5, 5.41) is 2.85. The van der Waals surface area contributed by atoms with E-state index in [0.29, 0.717) is 5.92 Å². The van der Waals surface area contributed by atoms with Crippen molar-refractivity contribution in [1.29, 1.82) is 0 Å². The summed E-state index contributed by atoms with van der Waals surface area (Å²) in [6.45, 7) is 6.34. The number of ether oxygens (including phenoxy) is 1. The summed E-state index contributed by atoms with van der Waals surface area (Å²) in [4.78, 5) is 11.9. The van der Waals surface area contributed by atoms with E-state index in [1.807, 2.05) is 43.3 Å². The number of benzene rings is 2. The minimum Gasteiger partial charge on any atom is -0.483 e. The molecular formula is C19H23NO2. The highest BCUT2D eigenvalue weighted by molar-refractivity contribution is 5.91. The van der Waals surface area contributed by atoms with E-state index < -0.39 is 0 Å². The lowest BCUT2D eigenvalue weighted by atomic mass is 9.99. The maximum absolute atomic E-state index is 11.9. The largest absolute Gasteiger partial charge is 0.483 e. The molecule has 116 valence electrons. The zero-order valence-electron chi connectivity index (χ0n) is 13.4. The molecule has 0 aliphatic rings. The van der Waals surface area contributed by atoms with Crippen LogP contribution in [0.3, 0.4) is 0 Å². The van der Waals surface area contributed by atoms with Crippen molar-refractivity contribution in [2.75, 3.05) is 11.9 Å². The maximum Gasteiger partial charge on any atom is 0.262 e. The number of rotatable bonds is 6. The van der Waals surface area contributed by atoms with Crippen molar-refractivity contribution in [2.24, 2.45) is 0 Å². The van der Waals surface area contributed by atoms with Crippen LogP contribution >= 0.6 is 0 Å². The lowest BCUT2D eigenvalue weighted by Crippen LogP contribution is -2.20. The Labute approximate surface area is 132 Å². The molecule has 3 heteroatoms. The topological polar surface area (TPSA) is 38.3 Å². The normalized spacial score (nSPS) is 11.8. The van der Waals surface area contributed by atoms with Crippen LogP contribution < -0.4 is 10.1 Å². The summed E-state index contributed by atoms with van der Waals surface area (Å²) in [5.41, 5.74) is 3.11. The third-order valence-corrected chi connectivity index (χ3v) is 3.83. The number of hydrogen-bond acceptors (Lipinski definition) is 2. The van der Waals surface area contributed by atoms with Gasteiger partial charge < -0.3 is 10.1 Å². The molecule has 1 atom stereocenters. The maximum atomic E-state index is 11.9. The van der Waals surface area contributed by atoms with E-state index in [2.05, 4.69) is 31.3 Å². The van der Waals surface area contributed by atoms with Gasteiger partial charge in [-0.1, -0.05) is 44.2 Å². The highest BCUT2D eigenvalue weighted by Gasteiger charge is 2.06. The van der Waals surface area contributed by atoms with Crippen LogP contribution in [-0.2, 0) is 4.79 Å². The van der Waals surface area contributed by atoms with Crippen molar-refractivity contribution in [3.8, 4) is 5.75 Å². The Hall–Kier alpha value is -2.29. The van der Waals surface area contributed by atoms with Gasteiger partial charge in [-0.15, -0.1) is 0 Å². The van der Waals surface area contributed by atoms with Gasteiger partial charge in [-0.2, -0.15) is 0 Å². The average molecular weight is 297 g/mol. The molecule has 1 amide bonds. The molecule has 0 aliphatic heterocycles. The number of aryl methyl sites for hydroxylation is 1. The van der Waals surface area contributed by atoms with Gasteiger partial charge in [0.15, 0.2) is 6.61 Å². The number of para-hydroxylation sites is 1. The summed E-state index contributed by atoms with van der Waals surface area (Å²) in [7, 11) is 0. The van der Waals surface area contributed by atoms with E-state index in [1.54, 1.807) is 0 Å². The lowest BCUT2D eigenvalue weighted by Gasteiger charge is -2.11. The predicted molar refractivity (Wildman–Crippen MR) is 90.5 cm³/mol. The van der Waals surface area contributed by atoms with Gasteiger partial charge in [0.05, 0.1) is 0 Å². The summed E-state index contributed by atoms with van der Waals surface area (Å²) < 4.78 is 5.54. The second-order valence-corrected chi connectivity index (χ2v) is 5.53. The van der Waals surface area contributed by atoms with Crippen LogP contribution in [0.2, 0.25) is 0 Å². The summed E-state index contributed by atoms with van der Waals surface area (Å²) >= 11 is 0. The van der Waals surface area contributed by atoms with Crippen molar-refractivity contribution in [1.82, 2.24) is 0 Å². The second kappa shape index (κ2) is 7.64. The minimum absolute atomic E-state index is 0.0119. The predicted octanol–water partition coefficient (Wildman–Crippen LogP) is 4.53. The van der Waals surface area contributed by atoms with E-state index in [0.717, 1.165) is 23.4 Å². The number of carbonyl (C=O) groups excluding carboxylic acids is 1. The highest BCUT2D eigenvalue weighted by Crippen LogP contribution is 2.20. The van der Waals surface area contributed by atoms with Crippen molar-refractivity contribution in [3.63, 3.8) is 0 Å². The molecule has 0 radical (unpaired) electrons. The van der Waals surface area contributed by atoms with Gasteiger partial charge >= 0.3 is 0 Å². The van der Waals surface area contributed by atoms with Gasteiger partial charge in [-0.05, 0) is 48.6 Å². The molecule has 0 bridgehead atoms. The van der Waals surface area contributed by atoms with Crippen LogP contribution in [0.15, 0.2) is 48.5 Å². The molecule has 0 aliphatic carbocycles. The molecule has 2 aromatic carbocycles. The number of anilines is 1. The molecule has 2 aromatic rings. The molecule has 0 aromatic heterocycles. The molecule has 22 heavy (non-hydrogen) atoms. The van der Waals surface area contributed by atoms with Gasteiger partial charge in [-0.25, -0.2) is 0 Å². The molecule has 3 nitrogen and oxygen atoms in total. The molecule has 0 saturated heterocycles. The average Bonchev–Trinajstić information content (AvgIpc) is 2.54. The van der Waals surface area contributed by atoms with E-state index in [4.69, 9.17) is 4.74 Å². The fraction of sp³-hybridized carbons (Fsp3) is 0.316. The second-order valence-electron chi connectivity index (χ2n) is 5.53. The first kappa shape index (κ1) is 16.1. The SMILES string of the molecule is CC[C@@H](C)c1ccc(NC(=O)COc2ccccc2C)cc1. The number of nitrogens with one attached hydrogen (secondary N) is 1. The number of hydrogen-bond donors (Lipinski definition) is 1. The zero-order chi connectivity index (χ0) is 15.9. The van der Waals surface area contributed by atoms with Gasteiger partial charge in [0.2, 0.25) is 0 Å². The van der Waals surface area contributed by atoms with Crippen LogP contribution in [0.5, 0.6) is 5.75 Å². The van der Waals surface area contributed by atoms with Gasteiger partial charge in [-0.3, -0.25) is 4.79 Å². The third-order valence-electron chi connectivity index (χ3n) is 3.83. The minimum atomic E-state index is -0.153. The summed E-state index contributed by atoms with van der Waals surface area (Å²) in [6, 6.07) is 15.7. The monoisotopic (exact) mass is 297 g/mol. The first-order valence-corrected chi connectivity index (χ1v) is 7.68. The van der Waals surface area contributed by atoms with E-state index in [9.17, 15) is 4.79 Å². The van der Waals surface area contributed by atoms with E-state index in [-0.39, 0.29) is 12.5 Å². The first-order chi connectivity index (χ1) is 10.6. The Kier molecular flexibility index (Phi) is 5.59. The summed E-state index contributed by atoms with van der Waals surface area (Å²) in [5.74, 6) is 1.12.